The van der Waals surface area contributed by atoms with Crippen molar-refractivity contribution in [3.05, 3.63) is 29.8 Å². The van der Waals surface area contributed by atoms with Crippen LogP contribution < -0.4 is 10.2 Å². The maximum atomic E-state index is 11.8. The fourth-order valence-corrected chi connectivity index (χ4v) is 2.28. The molecule has 1 amide bonds. The van der Waals surface area contributed by atoms with Crippen molar-refractivity contribution in [2.75, 3.05) is 18.1 Å². The highest BCUT2D eigenvalue weighted by molar-refractivity contribution is 5.87. The van der Waals surface area contributed by atoms with Gasteiger partial charge in [-0.2, -0.15) is 0 Å². The lowest BCUT2D eigenvalue weighted by molar-refractivity contribution is -0.125. The molecule has 4 nitrogen and oxygen atoms in total. The number of aliphatic hydroxyl groups is 1. The topological polar surface area (TPSA) is 52.6 Å². The highest BCUT2D eigenvalue weighted by atomic mass is 16.3. The molecule has 4 heteroatoms. The zero-order valence-electron chi connectivity index (χ0n) is 10.2. The zero-order valence-corrected chi connectivity index (χ0v) is 10.2. The van der Waals surface area contributed by atoms with E-state index in [1.165, 1.54) is 0 Å². The van der Waals surface area contributed by atoms with Crippen LogP contribution in [0.1, 0.15) is 12.5 Å². The molecule has 17 heavy (non-hydrogen) atoms. The Morgan fingerprint density at radius 1 is 1.47 bits per heavy atom. The summed E-state index contributed by atoms with van der Waals surface area (Å²) < 4.78 is 0. The van der Waals surface area contributed by atoms with E-state index in [0.29, 0.717) is 0 Å². The molecular formula is C13H18N2O2. The minimum absolute atomic E-state index is 0.102. The molecule has 1 aromatic carbocycles. The van der Waals surface area contributed by atoms with Crippen LogP contribution in [0.25, 0.3) is 0 Å². The Bertz CT molecular complexity index is 420. The number of anilines is 1. The fraction of sp³-hybridized carbons (Fsp3) is 0.462. The third-order valence-corrected chi connectivity index (χ3v) is 3.14. The van der Waals surface area contributed by atoms with Gasteiger partial charge in [-0.25, -0.2) is 0 Å². The van der Waals surface area contributed by atoms with E-state index in [1.807, 2.05) is 43.0 Å². The van der Waals surface area contributed by atoms with Crippen LogP contribution in [0.15, 0.2) is 24.3 Å². The first kappa shape index (κ1) is 11.9. The van der Waals surface area contributed by atoms with Gasteiger partial charge >= 0.3 is 0 Å². The number of para-hydroxylation sites is 1. The average Bonchev–Trinajstić information content (AvgIpc) is 2.28. The molecule has 0 aromatic heterocycles. The van der Waals surface area contributed by atoms with E-state index in [0.717, 1.165) is 17.8 Å². The number of piperazine rings is 1. The van der Waals surface area contributed by atoms with Crippen molar-refractivity contribution in [3.63, 3.8) is 0 Å². The minimum atomic E-state index is -0.479. The number of hydrogen-bond acceptors (Lipinski definition) is 3. The SMILES string of the molecule is Cc1ccccc1N1CC(C)NC(=O)C1CO. The van der Waals surface area contributed by atoms with E-state index in [-0.39, 0.29) is 18.6 Å². The van der Waals surface area contributed by atoms with Crippen LogP contribution in [0.5, 0.6) is 0 Å². The van der Waals surface area contributed by atoms with Gasteiger partial charge in [0.05, 0.1) is 6.61 Å². The minimum Gasteiger partial charge on any atom is -0.394 e. The van der Waals surface area contributed by atoms with Crippen molar-refractivity contribution in [3.8, 4) is 0 Å². The quantitative estimate of drug-likeness (QED) is 0.791. The first-order valence-electron chi connectivity index (χ1n) is 5.87. The van der Waals surface area contributed by atoms with Crippen LogP contribution in [-0.4, -0.2) is 36.2 Å². The Morgan fingerprint density at radius 2 is 2.18 bits per heavy atom. The third-order valence-electron chi connectivity index (χ3n) is 3.14. The smallest absolute Gasteiger partial charge is 0.245 e. The maximum Gasteiger partial charge on any atom is 0.245 e. The number of benzene rings is 1. The number of amides is 1. The summed E-state index contributed by atoms with van der Waals surface area (Å²) in [4.78, 5) is 13.8. The first-order valence-corrected chi connectivity index (χ1v) is 5.87. The van der Waals surface area contributed by atoms with E-state index in [2.05, 4.69) is 5.32 Å². The van der Waals surface area contributed by atoms with Crippen molar-refractivity contribution in [1.29, 1.82) is 0 Å². The molecule has 1 aliphatic rings. The van der Waals surface area contributed by atoms with Gasteiger partial charge < -0.3 is 15.3 Å². The standard InChI is InChI=1S/C13H18N2O2/c1-9-5-3-4-6-11(9)15-7-10(2)14-13(17)12(15)8-16/h3-6,10,12,16H,7-8H2,1-2H3,(H,14,17). The lowest BCUT2D eigenvalue weighted by atomic mass is 10.1. The number of aliphatic hydroxyl groups excluding tert-OH is 1. The zero-order chi connectivity index (χ0) is 12.4. The molecule has 2 unspecified atom stereocenters. The van der Waals surface area contributed by atoms with Crippen LogP contribution in [0.2, 0.25) is 0 Å². The van der Waals surface area contributed by atoms with E-state index < -0.39 is 6.04 Å². The third kappa shape index (κ3) is 2.26. The molecule has 2 atom stereocenters. The predicted octanol–water partition coefficient (Wildman–Crippen LogP) is 0.681. The summed E-state index contributed by atoms with van der Waals surface area (Å²) in [6, 6.07) is 7.55. The lowest BCUT2D eigenvalue weighted by Crippen LogP contribution is -2.60. The molecule has 2 N–H and O–H groups in total. The van der Waals surface area contributed by atoms with Gasteiger partial charge in [0.25, 0.3) is 0 Å². The number of hydrogen-bond donors (Lipinski definition) is 2. The van der Waals surface area contributed by atoms with Gasteiger partial charge in [-0.3, -0.25) is 4.79 Å². The molecule has 0 saturated carbocycles. The van der Waals surface area contributed by atoms with E-state index in [1.54, 1.807) is 0 Å². The van der Waals surface area contributed by atoms with Crippen molar-refractivity contribution >= 4 is 11.6 Å². The largest absolute Gasteiger partial charge is 0.394 e. The summed E-state index contributed by atoms with van der Waals surface area (Å²) in [5.41, 5.74) is 2.14. The monoisotopic (exact) mass is 234 g/mol. The Morgan fingerprint density at radius 3 is 2.82 bits per heavy atom. The molecule has 2 rings (SSSR count). The Labute approximate surface area is 101 Å². The second-order valence-corrected chi connectivity index (χ2v) is 4.55. The van der Waals surface area contributed by atoms with Crippen LogP contribution >= 0.6 is 0 Å². The number of nitrogens with zero attached hydrogens (tertiary/aromatic N) is 1. The van der Waals surface area contributed by atoms with Gasteiger partial charge in [0.1, 0.15) is 6.04 Å². The Kier molecular flexibility index (Phi) is 3.33. The summed E-state index contributed by atoms with van der Waals surface area (Å²) >= 11 is 0. The highest BCUT2D eigenvalue weighted by Gasteiger charge is 2.32. The Balaban J connectivity index is 2.34. The van der Waals surface area contributed by atoms with E-state index in [9.17, 15) is 9.90 Å². The summed E-state index contributed by atoms with van der Waals surface area (Å²) in [6.45, 7) is 4.55. The van der Waals surface area contributed by atoms with Crippen LogP contribution in [0.4, 0.5) is 5.69 Å². The molecule has 0 aliphatic carbocycles. The van der Waals surface area contributed by atoms with Gasteiger partial charge in [-0.05, 0) is 25.5 Å². The molecule has 1 heterocycles. The lowest BCUT2D eigenvalue weighted by Gasteiger charge is -2.39. The first-order chi connectivity index (χ1) is 8.13. The molecular weight excluding hydrogens is 216 g/mol. The summed E-state index contributed by atoms with van der Waals surface area (Å²) in [7, 11) is 0. The summed E-state index contributed by atoms with van der Waals surface area (Å²) in [5, 5.41) is 12.2. The normalized spacial score (nSPS) is 24.6. The van der Waals surface area contributed by atoms with Crippen molar-refractivity contribution < 1.29 is 9.90 Å². The van der Waals surface area contributed by atoms with Gasteiger partial charge in [0.15, 0.2) is 0 Å². The van der Waals surface area contributed by atoms with Crippen molar-refractivity contribution in [2.45, 2.75) is 25.9 Å². The fourth-order valence-electron chi connectivity index (χ4n) is 2.28. The van der Waals surface area contributed by atoms with E-state index in [4.69, 9.17) is 0 Å². The Hall–Kier alpha value is -1.55. The second kappa shape index (κ2) is 4.75. The summed E-state index contributed by atoms with van der Waals surface area (Å²) in [5.74, 6) is -0.102. The van der Waals surface area contributed by atoms with E-state index >= 15 is 0 Å². The van der Waals surface area contributed by atoms with Crippen molar-refractivity contribution in [2.24, 2.45) is 0 Å². The molecule has 1 saturated heterocycles. The highest BCUT2D eigenvalue weighted by Crippen LogP contribution is 2.23. The van der Waals surface area contributed by atoms with Crippen LogP contribution in [-0.2, 0) is 4.79 Å². The maximum absolute atomic E-state index is 11.8. The molecule has 0 radical (unpaired) electrons. The van der Waals surface area contributed by atoms with Gasteiger partial charge in [-0.15, -0.1) is 0 Å². The number of rotatable bonds is 2. The van der Waals surface area contributed by atoms with Gasteiger partial charge in [0.2, 0.25) is 5.91 Å². The van der Waals surface area contributed by atoms with Crippen LogP contribution in [0.3, 0.4) is 0 Å². The predicted molar refractivity (Wildman–Crippen MR) is 67.0 cm³/mol. The molecule has 1 aromatic rings. The number of nitrogens with one attached hydrogen (secondary N) is 1. The molecule has 1 fully saturated rings. The molecule has 92 valence electrons. The van der Waals surface area contributed by atoms with Gasteiger partial charge in [0, 0.05) is 18.3 Å². The molecule has 0 bridgehead atoms. The van der Waals surface area contributed by atoms with Crippen molar-refractivity contribution in [1.82, 2.24) is 5.32 Å². The molecule has 1 aliphatic heterocycles. The number of aryl methyl sites for hydroxylation is 1. The van der Waals surface area contributed by atoms with Gasteiger partial charge in [-0.1, -0.05) is 18.2 Å². The summed E-state index contributed by atoms with van der Waals surface area (Å²) in [6.07, 6.45) is 0. The number of carbonyl (C=O) groups excluding carboxylic acids is 1. The average molecular weight is 234 g/mol. The van der Waals surface area contributed by atoms with Crippen LogP contribution in [0, 0.1) is 6.92 Å². The molecule has 0 spiro atoms. The number of carbonyl (C=O) groups is 1. The second-order valence-electron chi connectivity index (χ2n) is 4.55.